The van der Waals surface area contributed by atoms with Crippen molar-refractivity contribution in [2.75, 3.05) is 5.73 Å². The topological polar surface area (TPSA) is 145 Å². The smallest absolute Gasteiger partial charge is 0.293 e. The number of nitrogens with two attached hydrogens (primary N) is 3. The zero-order valence-corrected chi connectivity index (χ0v) is 8.19. The van der Waals surface area contributed by atoms with E-state index in [-0.39, 0.29) is 22.6 Å². The monoisotopic (exact) mass is 229 g/mol. The number of hydrogen-bond acceptors (Lipinski definition) is 5. The molecule has 0 aliphatic heterocycles. The predicted molar refractivity (Wildman–Crippen MR) is 54.7 cm³/mol. The van der Waals surface area contributed by atoms with E-state index in [1.807, 2.05) is 5.43 Å². The maximum Gasteiger partial charge on any atom is 0.293 e. The van der Waals surface area contributed by atoms with Gasteiger partial charge >= 0.3 is 0 Å². The van der Waals surface area contributed by atoms with Crippen LogP contribution in [0.2, 0.25) is 5.15 Å². The molecule has 7 N–H and O–H groups in total. The summed E-state index contributed by atoms with van der Waals surface area (Å²) in [7, 11) is 0. The molecule has 1 aromatic heterocycles. The van der Waals surface area contributed by atoms with Gasteiger partial charge in [-0.3, -0.25) is 4.79 Å². The van der Waals surface area contributed by atoms with E-state index in [2.05, 4.69) is 15.1 Å². The summed E-state index contributed by atoms with van der Waals surface area (Å²) in [5, 5.41) is 3.32. The Labute approximate surface area is 89.5 Å². The Balaban J connectivity index is 2.91. The van der Waals surface area contributed by atoms with Gasteiger partial charge in [-0.1, -0.05) is 11.6 Å². The molecule has 15 heavy (non-hydrogen) atoms. The number of carbonyl (C=O) groups excluding carboxylic acids is 1. The molecule has 0 fully saturated rings. The van der Waals surface area contributed by atoms with Gasteiger partial charge in [0.15, 0.2) is 11.5 Å². The van der Waals surface area contributed by atoms with Gasteiger partial charge in [0.25, 0.3) is 5.91 Å². The lowest BCUT2D eigenvalue weighted by Crippen LogP contribution is -2.29. The summed E-state index contributed by atoms with van der Waals surface area (Å²) in [6, 6.07) is 0. The third kappa shape index (κ3) is 2.95. The Morgan fingerprint density at radius 3 is 2.80 bits per heavy atom. The zero-order chi connectivity index (χ0) is 11.4. The van der Waals surface area contributed by atoms with Crippen LogP contribution in [0.5, 0.6) is 0 Å². The van der Waals surface area contributed by atoms with Crippen LogP contribution in [0, 0.1) is 0 Å². The minimum absolute atomic E-state index is 0.0408. The Kier molecular flexibility index (Phi) is 3.24. The molecular formula is C6H8ClN7O. The van der Waals surface area contributed by atoms with Gasteiger partial charge in [0.2, 0.25) is 5.96 Å². The number of rotatable bonds is 2. The molecule has 8 nitrogen and oxygen atoms in total. The average molecular weight is 230 g/mol. The Hall–Kier alpha value is -2.09. The number of anilines is 1. The van der Waals surface area contributed by atoms with Crippen LogP contribution in [0.1, 0.15) is 10.5 Å². The van der Waals surface area contributed by atoms with Gasteiger partial charge in [-0.05, 0) is 0 Å². The van der Waals surface area contributed by atoms with E-state index in [0.717, 1.165) is 0 Å². The number of nitrogen functional groups attached to an aromatic ring is 1. The summed E-state index contributed by atoms with van der Waals surface area (Å²) in [5.74, 6) is -1.06. The van der Waals surface area contributed by atoms with Crippen LogP contribution in [0.25, 0.3) is 0 Å². The maximum absolute atomic E-state index is 11.4. The van der Waals surface area contributed by atoms with Crippen molar-refractivity contribution in [3.05, 3.63) is 17.0 Å². The van der Waals surface area contributed by atoms with E-state index in [1.165, 1.54) is 6.20 Å². The van der Waals surface area contributed by atoms with Crippen LogP contribution in [0.4, 0.5) is 5.82 Å². The molecule has 1 rings (SSSR count). The van der Waals surface area contributed by atoms with Crippen LogP contribution >= 0.6 is 11.6 Å². The van der Waals surface area contributed by atoms with Crippen LogP contribution < -0.4 is 22.6 Å². The highest BCUT2D eigenvalue weighted by molar-refractivity contribution is 6.29. The van der Waals surface area contributed by atoms with Crippen LogP contribution in [0.15, 0.2) is 11.3 Å². The molecule has 0 spiro atoms. The third-order valence-electron chi connectivity index (χ3n) is 1.27. The highest BCUT2D eigenvalue weighted by Crippen LogP contribution is 2.09. The van der Waals surface area contributed by atoms with Crippen LogP contribution in [-0.2, 0) is 0 Å². The minimum Gasteiger partial charge on any atom is -0.382 e. The highest BCUT2D eigenvalue weighted by Gasteiger charge is 2.12. The number of nitrogens with one attached hydrogen (secondary N) is 1. The second kappa shape index (κ2) is 4.42. The molecular weight excluding hydrogens is 222 g/mol. The number of carbonyl (C=O) groups is 1. The molecule has 0 bridgehead atoms. The number of hydrazone groups is 1. The maximum atomic E-state index is 11.4. The van der Waals surface area contributed by atoms with E-state index in [9.17, 15) is 4.79 Å². The van der Waals surface area contributed by atoms with E-state index in [1.54, 1.807) is 0 Å². The van der Waals surface area contributed by atoms with Gasteiger partial charge in [-0.25, -0.2) is 15.4 Å². The minimum atomic E-state index is -0.698. The van der Waals surface area contributed by atoms with Gasteiger partial charge in [0.05, 0.1) is 6.20 Å². The van der Waals surface area contributed by atoms with E-state index in [0.29, 0.717) is 0 Å². The van der Waals surface area contributed by atoms with Gasteiger partial charge in [0.1, 0.15) is 5.15 Å². The summed E-state index contributed by atoms with van der Waals surface area (Å²) < 4.78 is 0. The summed E-state index contributed by atoms with van der Waals surface area (Å²) in [6.07, 6.45) is 1.22. The van der Waals surface area contributed by atoms with Crippen LogP contribution in [0.3, 0.4) is 0 Å². The van der Waals surface area contributed by atoms with Crippen molar-refractivity contribution in [1.29, 1.82) is 0 Å². The van der Waals surface area contributed by atoms with Gasteiger partial charge in [0, 0.05) is 0 Å². The first kappa shape index (κ1) is 11.0. The van der Waals surface area contributed by atoms with Crippen molar-refractivity contribution in [2.45, 2.75) is 0 Å². The molecule has 0 radical (unpaired) electrons. The lowest BCUT2D eigenvalue weighted by molar-refractivity contribution is 0.0950. The van der Waals surface area contributed by atoms with Crippen molar-refractivity contribution in [3.63, 3.8) is 0 Å². The third-order valence-corrected chi connectivity index (χ3v) is 1.46. The molecule has 1 aromatic rings. The fourth-order valence-corrected chi connectivity index (χ4v) is 0.846. The van der Waals surface area contributed by atoms with Gasteiger partial charge in [-0.15, -0.1) is 5.10 Å². The van der Waals surface area contributed by atoms with E-state index < -0.39 is 5.91 Å². The highest BCUT2D eigenvalue weighted by atomic mass is 35.5. The number of halogens is 1. The van der Waals surface area contributed by atoms with Crippen molar-refractivity contribution in [3.8, 4) is 0 Å². The standard InChI is InChI=1S/C6H8ClN7O/c7-2-1-11-4(8)3(12-2)5(15)13-14-6(9)10/h1H,(H2,8,11)(H,13,15)(H4,9,10,14). The van der Waals surface area contributed by atoms with E-state index in [4.69, 9.17) is 28.8 Å². The Morgan fingerprint density at radius 2 is 2.20 bits per heavy atom. The van der Waals surface area contributed by atoms with Crippen molar-refractivity contribution in [2.24, 2.45) is 16.6 Å². The summed E-state index contributed by atoms with van der Waals surface area (Å²) in [4.78, 5) is 18.7. The number of amides is 1. The molecule has 9 heteroatoms. The number of nitrogens with zero attached hydrogens (tertiary/aromatic N) is 3. The average Bonchev–Trinajstić information content (AvgIpc) is 2.18. The van der Waals surface area contributed by atoms with Crippen molar-refractivity contribution >= 4 is 29.3 Å². The molecule has 0 aliphatic rings. The molecule has 0 atom stereocenters. The van der Waals surface area contributed by atoms with E-state index >= 15 is 0 Å². The van der Waals surface area contributed by atoms with Crippen molar-refractivity contribution < 1.29 is 4.79 Å². The zero-order valence-electron chi connectivity index (χ0n) is 7.44. The molecule has 0 aromatic carbocycles. The Bertz CT molecular complexity index is 414. The fraction of sp³-hybridized carbons (Fsp3) is 0. The molecule has 0 saturated carbocycles. The predicted octanol–water partition coefficient (Wildman–Crippen LogP) is -1.37. The molecule has 0 aliphatic carbocycles. The lowest BCUT2D eigenvalue weighted by Gasteiger charge is -2.02. The largest absolute Gasteiger partial charge is 0.382 e. The first-order valence-electron chi connectivity index (χ1n) is 3.67. The molecule has 1 amide bonds. The molecule has 0 saturated heterocycles. The van der Waals surface area contributed by atoms with Gasteiger partial charge < -0.3 is 17.2 Å². The van der Waals surface area contributed by atoms with Gasteiger partial charge in [-0.2, -0.15) is 0 Å². The first-order chi connectivity index (χ1) is 7.00. The normalized spacial score (nSPS) is 9.40. The molecule has 0 unspecified atom stereocenters. The first-order valence-corrected chi connectivity index (χ1v) is 4.05. The lowest BCUT2D eigenvalue weighted by atomic mass is 10.4. The molecule has 1 heterocycles. The second-order valence-corrected chi connectivity index (χ2v) is 2.79. The number of aromatic nitrogens is 2. The second-order valence-electron chi connectivity index (χ2n) is 2.40. The number of guanidine groups is 1. The summed E-state index contributed by atoms with van der Waals surface area (Å²) in [6.45, 7) is 0. The molecule has 80 valence electrons. The summed E-state index contributed by atoms with van der Waals surface area (Å²) >= 11 is 5.53. The summed E-state index contributed by atoms with van der Waals surface area (Å²) in [5.41, 5.74) is 17.3. The van der Waals surface area contributed by atoms with Crippen molar-refractivity contribution in [1.82, 2.24) is 15.4 Å². The quantitative estimate of drug-likeness (QED) is 0.280. The van der Waals surface area contributed by atoms with Crippen LogP contribution in [-0.4, -0.2) is 21.8 Å². The Morgan fingerprint density at radius 1 is 1.53 bits per heavy atom. The fourth-order valence-electron chi connectivity index (χ4n) is 0.712. The SMILES string of the molecule is NC(N)=NNC(=O)c1nc(Cl)cnc1N. The number of hydrogen-bond donors (Lipinski definition) is 4.